The largest absolute Gasteiger partial charge is 0.281 e. The number of alkyl halides is 2. The third-order valence-corrected chi connectivity index (χ3v) is 2.73. The fourth-order valence-electron chi connectivity index (χ4n) is 0.770. The summed E-state index contributed by atoms with van der Waals surface area (Å²) in [6, 6.07) is 1.19. The zero-order chi connectivity index (χ0) is 10.9. The summed E-state index contributed by atoms with van der Waals surface area (Å²) in [6.45, 7) is 0. The average molecular weight is 352 g/mol. The number of carbonyl (C=O) groups is 1. The third-order valence-electron chi connectivity index (χ3n) is 1.38. The molecule has 0 saturated carbocycles. The van der Waals surface area contributed by atoms with Crippen molar-refractivity contribution in [2.75, 3.05) is 0 Å². The lowest BCUT2D eigenvalue weighted by atomic mass is 10.2. The summed E-state index contributed by atoms with van der Waals surface area (Å²) < 4.78 is 24.8. The molecule has 2 nitrogen and oxygen atoms in total. The Kier molecular flexibility index (Phi) is 4.03. The highest BCUT2D eigenvalue weighted by molar-refractivity contribution is 14.1. The summed E-state index contributed by atoms with van der Waals surface area (Å²) in [5.41, 5.74) is -0.514. The van der Waals surface area contributed by atoms with Gasteiger partial charge < -0.3 is 0 Å². The molecule has 0 aromatic carbocycles. The third kappa shape index (κ3) is 2.52. The first-order chi connectivity index (χ1) is 6.43. The molecule has 0 N–H and O–H groups in total. The van der Waals surface area contributed by atoms with Crippen LogP contribution in [0.5, 0.6) is 0 Å². The Hall–Kier alpha value is -0.0100. The maximum absolute atomic E-state index is 12.3. The highest BCUT2D eigenvalue weighted by Crippen LogP contribution is 2.27. The summed E-state index contributed by atoms with van der Waals surface area (Å²) in [7, 11) is 0. The monoisotopic (exact) mass is 351 g/mol. The summed E-state index contributed by atoms with van der Waals surface area (Å²) in [4.78, 5) is 14.1. The number of pyridine rings is 1. The molecule has 14 heavy (non-hydrogen) atoms. The Labute approximate surface area is 102 Å². The molecule has 0 aliphatic rings. The molecule has 0 unspecified atom stereocenters. The first kappa shape index (κ1) is 12.1. The van der Waals surface area contributed by atoms with Gasteiger partial charge in [-0.05, 0) is 40.3 Å². The first-order valence-corrected chi connectivity index (χ1v) is 5.11. The van der Waals surface area contributed by atoms with Crippen LogP contribution in [0.4, 0.5) is 8.78 Å². The number of hydrogen-bond donors (Lipinski definition) is 0. The maximum atomic E-state index is 12.3. The highest BCUT2D eigenvalue weighted by Gasteiger charge is 2.18. The summed E-state index contributed by atoms with van der Waals surface area (Å²) in [5, 5.41) is -1.12. The molecule has 0 amide bonds. The van der Waals surface area contributed by atoms with Crippen LogP contribution in [0.2, 0.25) is 5.15 Å². The summed E-state index contributed by atoms with van der Waals surface area (Å²) in [5.74, 6) is 0. The van der Waals surface area contributed by atoms with E-state index in [4.69, 9.17) is 23.2 Å². The van der Waals surface area contributed by atoms with Crippen LogP contribution in [-0.4, -0.2) is 10.2 Å². The van der Waals surface area contributed by atoms with E-state index >= 15 is 0 Å². The molecule has 7 heteroatoms. The summed E-state index contributed by atoms with van der Waals surface area (Å²) >= 11 is 12.3. The van der Waals surface area contributed by atoms with Crippen molar-refractivity contribution in [2.24, 2.45) is 0 Å². The molecule has 1 aromatic rings. The van der Waals surface area contributed by atoms with Crippen molar-refractivity contribution in [3.63, 3.8) is 0 Å². The van der Waals surface area contributed by atoms with E-state index in [0.717, 1.165) is 0 Å². The minimum Gasteiger partial charge on any atom is -0.275 e. The van der Waals surface area contributed by atoms with Gasteiger partial charge in [-0.1, -0.05) is 11.6 Å². The minimum absolute atomic E-state index is 0.0675. The van der Waals surface area contributed by atoms with Gasteiger partial charge in [0.25, 0.3) is 11.7 Å². The number of carbonyl (C=O) groups excluding carboxylic acids is 1. The van der Waals surface area contributed by atoms with E-state index in [1.54, 1.807) is 22.6 Å². The predicted octanol–water partition coefficient (Wildman–Crippen LogP) is 3.66. The number of halogens is 5. The molecule has 0 fully saturated rings. The Balaban J connectivity index is 3.31. The van der Waals surface area contributed by atoms with E-state index in [0.29, 0.717) is 0 Å². The minimum atomic E-state index is -2.72. The fourth-order valence-corrected chi connectivity index (χ4v) is 1.86. The van der Waals surface area contributed by atoms with Gasteiger partial charge in [-0.25, -0.2) is 13.8 Å². The van der Waals surface area contributed by atoms with Crippen molar-refractivity contribution in [1.29, 1.82) is 0 Å². The van der Waals surface area contributed by atoms with Gasteiger partial charge in [-0.15, -0.1) is 0 Å². The molecule has 1 rings (SSSR count). The van der Waals surface area contributed by atoms with Gasteiger partial charge in [0.05, 0.1) is 5.56 Å². The molecule has 1 aromatic heterocycles. The molecule has 0 spiro atoms. The Morgan fingerprint density at radius 1 is 1.57 bits per heavy atom. The molecule has 0 atom stereocenters. The zero-order valence-corrected chi connectivity index (χ0v) is 10.1. The van der Waals surface area contributed by atoms with Gasteiger partial charge in [0, 0.05) is 3.57 Å². The molecule has 0 radical (unpaired) electrons. The van der Waals surface area contributed by atoms with Gasteiger partial charge >= 0.3 is 0 Å². The van der Waals surface area contributed by atoms with Crippen molar-refractivity contribution in [3.05, 3.63) is 26.0 Å². The van der Waals surface area contributed by atoms with Gasteiger partial charge in [-0.2, -0.15) is 0 Å². The Bertz CT molecular complexity index is 386. The van der Waals surface area contributed by atoms with Crippen LogP contribution >= 0.6 is 45.8 Å². The second-order valence-corrected chi connectivity index (χ2v) is 4.13. The van der Waals surface area contributed by atoms with Crippen LogP contribution in [-0.2, 0) is 0 Å². The number of hydrogen-bond acceptors (Lipinski definition) is 2. The van der Waals surface area contributed by atoms with Gasteiger partial charge in [0.15, 0.2) is 0 Å². The van der Waals surface area contributed by atoms with E-state index in [1.165, 1.54) is 6.07 Å². The molecule has 0 bridgehead atoms. The zero-order valence-electron chi connectivity index (χ0n) is 6.40. The van der Waals surface area contributed by atoms with E-state index in [9.17, 15) is 13.6 Å². The highest BCUT2D eigenvalue weighted by atomic mass is 127. The lowest BCUT2D eigenvalue weighted by Crippen LogP contribution is -2.01. The number of aromatic nitrogens is 1. The Morgan fingerprint density at radius 2 is 2.14 bits per heavy atom. The van der Waals surface area contributed by atoms with Gasteiger partial charge in [-0.3, -0.25) is 4.79 Å². The van der Waals surface area contributed by atoms with Crippen LogP contribution in [0.3, 0.4) is 0 Å². The number of rotatable bonds is 2. The smallest absolute Gasteiger partial charge is 0.275 e. The topological polar surface area (TPSA) is 30.0 Å². The number of nitrogens with zero attached hydrogens (tertiary/aromatic N) is 1. The lowest BCUT2D eigenvalue weighted by Gasteiger charge is -2.05. The van der Waals surface area contributed by atoms with Gasteiger partial charge in [0.2, 0.25) is 0 Å². The van der Waals surface area contributed by atoms with Crippen LogP contribution in [0, 0.1) is 3.57 Å². The molecule has 76 valence electrons. The van der Waals surface area contributed by atoms with Crippen molar-refractivity contribution >= 4 is 51.0 Å². The second kappa shape index (κ2) is 4.67. The van der Waals surface area contributed by atoms with E-state index in [-0.39, 0.29) is 14.3 Å². The molecule has 0 aliphatic carbocycles. The molecule has 0 saturated heterocycles. The van der Waals surface area contributed by atoms with E-state index < -0.39 is 17.4 Å². The fraction of sp³-hybridized carbons (Fsp3) is 0.143. The standard InChI is InChI=1S/C7H2Cl2F2INO/c8-5-2(6(9)14)1-3(12)4(13-5)7(10)11/h1,7H. The van der Waals surface area contributed by atoms with Crippen LogP contribution in [0.1, 0.15) is 22.5 Å². The first-order valence-electron chi connectivity index (χ1n) is 3.27. The van der Waals surface area contributed by atoms with Crippen LogP contribution < -0.4 is 0 Å². The van der Waals surface area contributed by atoms with Crippen molar-refractivity contribution in [3.8, 4) is 0 Å². The summed E-state index contributed by atoms with van der Waals surface area (Å²) in [6.07, 6.45) is -2.72. The van der Waals surface area contributed by atoms with Crippen LogP contribution in [0.15, 0.2) is 6.07 Å². The second-order valence-electron chi connectivity index (χ2n) is 2.27. The maximum Gasteiger partial charge on any atom is 0.281 e. The molecule has 1 heterocycles. The van der Waals surface area contributed by atoms with E-state index in [2.05, 4.69) is 4.98 Å². The Morgan fingerprint density at radius 3 is 2.57 bits per heavy atom. The van der Waals surface area contributed by atoms with Crippen molar-refractivity contribution in [2.45, 2.75) is 6.43 Å². The molecular weight excluding hydrogens is 350 g/mol. The van der Waals surface area contributed by atoms with Gasteiger partial charge in [0.1, 0.15) is 10.8 Å². The molecule has 0 aliphatic heterocycles. The normalized spacial score (nSPS) is 10.7. The lowest BCUT2D eigenvalue weighted by molar-refractivity contribution is 0.108. The molecular formula is C7H2Cl2F2INO. The van der Waals surface area contributed by atoms with Crippen molar-refractivity contribution < 1.29 is 13.6 Å². The quantitative estimate of drug-likeness (QED) is 0.462. The SMILES string of the molecule is O=C(Cl)c1cc(I)c(C(F)F)nc1Cl. The predicted molar refractivity (Wildman–Crippen MR) is 57.1 cm³/mol. The van der Waals surface area contributed by atoms with Crippen molar-refractivity contribution in [1.82, 2.24) is 4.98 Å². The van der Waals surface area contributed by atoms with E-state index in [1.807, 2.05) is 0 Å². The van der Waals surface area contributed by atoms with Crippen LogP contribution in [0.25, 0.3) is 0 Å². The average Bonchev–Trinajstić information content (AvgIpc) is 2.07.